The molecule has 4 rings (SSSR count). The number of nitrogens with one attached hydrogen (secondary N) is 1. The Labute approximate surface area is 155 Å². The van der Waals surface area contributed by atoms with Gasteiger partial charge < -0.3 is 4.90 Å². The Morgan fingerprint density at radius 2 is 1.87 bits per heavy atom. The van der Waals surface area contributed by atoms with E-state index in [1.807, 2.05) is 25.1 Å². The number of hydrogen-bond acceptors (Lipinski definition) is 3. The normalized spacial score (nSPS) is 23.7. The number of hydrazone groups is 1. The molecule has 129 valence electrons. The topological polar surface area (TPSA) is 40.5 Å². The van der Waals surface area contributed by atoms with Gasteiger partial charge in [-0.3, -0.25) is 10.4 Å². The van der Waals surface area contributed by atoms with Gasteiger partial charge in [-0.05, 0) is 68.8 Å². The molecule has 2 saturated heterocycles. The van der Waals surface area contributed by atoms with Crippen LogP contribution in [0.25, 0.3) is 0 Å². The number of rotatable bonds is 2. The molecule has 23 heavy (non-hydrogen) atoms. The Kier molecular flexibility index (Phi) is 7.74. The van der Waals surface area contributed by atoms with Crippen LogP contribution in [-0.2, 0) is 14.6 Å². The third-order valence-electron chi connectivity index (χ3n) is 4.57. The Balaban J connectivity index is 0.000000924. The van der Waals surface area contributed by atoms with Crippen molar-refractivity contribution in [2.24, 2.45) is 16.9 Å². The van der Waals surface area contributed by atoms with Crippen LogP contribution in [0, 0.1) is 11.8 Å². The second-order valence-corrected chi connectivity index (χ2v) is 6.51. The van der Waals surface area contributed by atoms with Gasteiger partial charge in [-0.1, -0.05) is 6.07 Å². The van der Waals surface area contributed by atoms with Gasteiger partial charge >= 0.3 is 24.8 Å². The van der Waals surface area contributed by atoms with Crippen LogP contribution in [0.4, 0.5) is 0 Å². The van der Waals surface area contributed by atoms with E-state index >= 15 is 0 Å². The number of pyridine rings is 1. The molecule has 2 aliphatic heterocycles. The van der Waals surface area contributed by atoms with Gasteiger partial charge in [-0.15, -0.1) is 0 Å². The summed E-state index contributed by atoms with van der Waals surface area (Å²) in [7, 11) is 4.26. The van der Waals surface area contributed by atoms with Crippen molar-refractivity contribution in [1.29, 1.82) is 0 Å². The molecule has 3 heterocycles. The average Bonchev–Trinajstić information content (AvgIpc) is 2.96. The van der Waals surface area contributed by atoms with Crippen molar-refractivity contribution in [2.45, 2.75) is 32.6 Å². The van der Waals surface area contributed by atoms with Crippen LogP contribution >= 0.6 is 22.4 Å². The summed E-state index contributed by atoms with van der Waals surface area (Å²) in [6.07, 6.45) is 7.22. The molecule has 1 N–H and O–H groups in total. The molecule has 0 unspecified atom stereocenters. The Morgan fingerprint density at radius 1 is 1.26 bits per heavy atom. The quantitative estimate of drug-likeness (QED) is 0.360. The first kappa shape index (κ1) is 18.6. The fourth-order valence-corrected chi connectivity index (χ4v) is 3.49. The Hall–Kier alpha value is -0.706. The van der Waals surface area contributed by atoms with E-state index in [4.69, 9.17) is 12.2 Å². The number of aromatic nitrogens is 1. The van der Waals surface area contributed by atoms with Crippen LogP contribution in [0.15, 0.2) is 29.5 Å². The Bertz CT molecular complexity index is 518. The molecule has 0 radical (unpaired) electrons. The summed E-state index contributed by atoms with van der Waals surface area (Å²) < 4.78 is 0. The number of nitrogens with zero attached hydrogens (tertiary/aromatic N) is 3. The van der Waals surface area contributed by atoms with E-state index in [0.717, 1.165) is 41.4 Å². The standard InChI is InChI=1S/C16H22N4S.ClH.Ni/c1-12(15-4-2-3-9-17-15)18-19-16(21)20-10-13-5-6-14(11-20)8-7-13;;/h2-4,9,13-14H,5-8,10-11H2,1H3,(H,19,21);1H;/q;;+1/p-1. The van der Waals surface area contributed by atoms with Gasteiger partial charge in [-0.2, -0.15) is 5.10 Å². The van der Waals surface area contributed by atoms with Crippen LogP contribution in [0.1, 0.15) is 38.3 Å². The molecule has 1 aliphatic carbocycles. The van der Waals surface area contributed by atoms with Crippen LogP contribution in [-0.4, -0.2) is 33.8 Å². The molecule has 1 aromatic heterocycles. The molecular formula is C16H22ClN4NiS. The molecule has 1 aromatic rings. The minimum absolute atomic E-state index is 0.754. The molecule has 7 heteroatoms. The van der Waals surface area contributed by atoms with Crippen LogP contribution in [0.3, 0.4) is 0 Å². The molecule has 2 bridgehead atoms. The van der Waals surface area contributed by atoms with E-state index in [-0.39, 0.29) is 0 Å². The van der Waals surface area contributed by atoms with Crippen molar-refractivity contribution in [2.75, 3.05) is 13.1 Å². The molecule has 0 spiro atoms. The number of hydrogen-bond donors (Lipinski definition) is 1. The van der Waals surface area contributed by atoms with Gasteiger partial charge in [0.1, 0.15) is 0 Å². The zero-order valence-electron chi connectivity index (χ0n) is 13.2. The average molecular weight is 397 g/mol. The predicted molar refractivity (Wildman–Crippen MR) is 95.1 cm³/mol. The van der Waals surface area contributed by atoms with Gasteiger partial charge in [0.05, 0.1) is 11.4 Å². The van der Waals surface area contributed by atoms with Crippen LogP contribution in [0.2, 0.25) is 0 Å². The van der Waals surface area contributed by atoms with E-state index in [9.17, 15) is 0 Å². The molecule has 0 amide bonds. The van der Waals surface area contributed by atoms with Crippen molar-refractivity contribution in [3.63, 3.8) is 0 Å². The minimum atomic E-state index is 0.754. The van der Waals surface area contributed by atoms with Crippen LogP contribution < -0.4 is 5.43 Å². The van der Waals surface area contributed by atoms with Gasteiger partial charge in [0.2, 0.25) is 0 Å². The van der Waals surface area contributed by atoms with Crippen LogP contribution in [0.5, 0.6) is 0 Å². The van der Waals surface area contributed by atoms with E-state index in [1.54, 1.807) is 6.20 Å². The fourth-order valence-electron chi connectivity index (χ4n) is 3.30. The fraction of sp³-hybridized carbons (Fsp3) is 0.562. The maximum absolute atomic E-state index is 5.52. The molecule has 4 nitrogen and oxygen atoms in total. The van der Waals surface area contributed by atoms with E-state index in [0.29, 0.717) is 0 Å². The van der Waals surface area contributed by atoms with Crippen molar-refractivity contribution >= 4 is 33.2 Å². The van der Waals surface area contributed by atoms with Gasteiger partial charge in [-0.25, -0.2) is 0 Å². The summed E-state index contributed by atoms with van der Waals surface area (Å²) in [6.45, 7) is 4.12. The zero-order valence-corrected chi connectivity index (χ0v) is 15.7. The number of halogens is 1. The summed E-state index contributed by atoms with van der Waals surface area (Å²) >= 11 is 8.87. The van der Waals surface area contributed by atoms with Crippen molar-refractivity contribution in [3.8, 4) is 0 Å². The monoisotopic (exact) mass is 395 g/mol. The Morgan fingerprint density at radius 3 is 2.39 bits per heavy atom. The summed E-state index contributed by atoms with van der Waals surface area (Å²) in [4.78, 5) is 6.60. The third-order valence-corrected chi connectivity index (χ3v) is 4.92. The summed E-state index contributed by atoms with van der Waals surface area (Å²) in [5.41, 5.74) is 4.79. The third kappa shape index (κ3) is 5.41. The molecule has 0 atom stereocenters. The summed E-state index contributed by atoms with van der Waals surface area (Å²) in [5.74, 6) is 1.62. The van der Waals surface area contributed by atoms with Gasteiger partial charge in [0.25, 0.3) is 0 Å². The molecular weight excluding hydrogens is 374 g/mol. The number of fused-ring (bicyclic) bond motifs is 4. The summed E-state index contributed by atoms with van der Waals surface area (Å²) in [6, 6.07) is 5.82. The van der Waals surface area contributed by atoms with E-state index in [1.165, 1.54) is 25.7 Å². The first-order chi connectivity index (χ1) is 11.2. The molecule has 1 saturated carbocycles. The number of thiocarbonyl (C=S) groups is 1. The SMILES string of the molecule is CC(=NNC(=S)N1CC2CCC(CC2)C1)c1ccccn1.[Cl][Ni]. The van der Waals surface area contributed by atoms with Crippen molar-refractivity contribution in [1.82, 2.24) is 15.3 Å². The summed E-state index contributed by atoms with van der Waals surface area (Å²) in [5, 5.41) is 5.15. The second kappa shape index (κ2) is 9.56. The maximum atomic E-state index is 5.52. The van der Waals surface area contributed by atoms with Crippen molar-refractivity contribution < 1.29 is 14.6 Å². The van der Waals surface area contributed by atoms with E-state index in [2.05, 4.69) is 45.2 Å². The first-order valence-electron chi connectivity index (χ1n) is 7.85. The molecule has 3 fully saturated rings. The van der Waals surface area contributed by atoms with Crippen molar-refractivity contribution in [3.05, 3.63) is 30.1 Å². The van der Waals surface area contributed by atoms with Gasteiger partial charge in [0.15, 0.2) is 5.11 Å². The molecule has 0 aromatic carbocycles. The zero-order chi connectivity index (χ0) is 16.7. The van der Waals surface area contributed by atoms with E-state index < -0.39 is 0 Å². The second-order valence-electron chi connectivity index (χ2n) is 6.12. The first-order valence-corrected chi connectivity index (χ1v) is 9.61. The molecule has 3 aliphatic rings. The predicted octanol–water partition coefficient (Wildman–Crippen LogP) is 3.49. The van der Waals surface area contributed by atoms with Gasteiger partial charge in [0, 0.05) is 19.3 Å².